The highest BCUT2D eigenvalue weighted by molar-refractivity contribution is 7.98. The van der Waals surface area contributed by atoms with Gasteiger partial charge in [-0.25, -0.2) is 9.37 Å². The van der Waals surface area contributed by atoms with Gasteiger partial charge in [-0.15, -0.1) is 0 Å². The molecule has 2 rings (SSSR count). The number of imidazole rings is 1. The van der Waals surface area contributed by atoms with Crippen LogP contribution in [0.15, 0.2) is 35.7 Å². The molecule has 0 aliphatic rings. The van der Waals surface area contributed by atoms with Gasteiger partial charge in [0.2, 0.25) is 0 Å². The standard InChI is InChI=1S/C11H8FN3S/c12-10-2-1-8(6-13)9(5-10)7-16-11-14-3-4-15-11/h1-5H,7H2,(H,14,15). The highest BCUT2D eigenvalue weighted by Crippen LogP contribution is 2.21. The summed E-state index contributed by atoms with van der Waals surface area (Å²) in [5, 5.41) is 9.62. The first-order chi connectivity index (χ1) is 7.79. The number of nitrogens with one attached hydrogen (secondary N) is 1. The number of aromatic amines is 1. The van der Waals surface area contributed by atoms with Crippen molar-refractivity contribution in [3.05, 3.63) is 47.5 Å². The predicted octanol–water partition coefficient (Wildman–Crippen LogP) is 2.71. The van der Waals surface area contributed by atoms with Crippen molar-refractivity contribution < 1.29 is 4.39 Å². The van der Waals surface area contributed by atoms with Crippen LogP contribution in [-0.2, 0) is 5.75 Å². The van der Waals surface area contributed by atoms with E-state index >= 15 is 0 Å². The second kappa shape index (κ2) is 4.81. The van der Waals surface area contributed by atoms with Gasteiger partial charge in [-0.1, -0.05) is 11.8 Å². The number of nitriles is 1. The summed E-state index contributed by atoms with van der Waals surface area (Å²) in [7, 11) is 0. The third kappa shape index (κ3) is 2.41. The number of rotatable bonds is 3. The van der Waals surface area contributed by atoms with Crippen LogP contribution in [0.25, 0.3) is 0 Å². The number of hydrogen-bond acceptors (Lipinski definition) is 3. The summed E-state index contributed by atoms with van der Waals surface area (Å²) in [6.07, 6.45) is 3.37. The molecule has 0 aliphatic carbocycles. The van der Waals surface area contributed by atoms with E-state index in [1.165, 1.54) is 30.0 Å². The predicted molar refractivity (Wildman–Crippen MR) is 59.3 cm³/mol. The lowest BCUT2D eigenvalue weighted by Gasteiger charge is -2.02. The zero-order valence-corrected chi connectivity index (χ0v) is 9.09. The minimum atomic E-state index is -0.325. The summed E-state index contributed by atoms with van der Waals surface area (Å²) in [6, 6.07) is 6.21. The van der Waals surface area contributed by atoms with E-state index in [2.05, 4.69) is 9.97 Å². The van der Waals surface area contributed by atoms with Crippen molar-refractivity contribution in [1.29, 1.82) is 5.26 Å². The molecule has 0 fully saturated rings. The third-order valence-electron chi connectivity index (χ3n) is 2.03. The molecule has 80 valence electrons. The molecule has 1 heterocycles. The van der Waals surface area contributed by atoms with Crippen molar-refractivity contribution in [3.8, 4) is 6.07 Å². The zero-order valence-electron chi connectivity index (χ0n) is 8.27. The van der Waals surface area contributed by atoms with Gasteiger partial charge in [0.1, 0.15) is 5.82 Å². The van der Waals surface area contributed by atoms with Gasteiger partial charge in [-0.05, 0) is 23.8 Å². The Bertz CT molecular complexity index is 517. The fraction of sp³-hybridized carbons (Fsp3) is 0.0909. The molecule has 0 amide bonds. The first-order valence-corrected chi connectivity index (χ1v) is 5.59. The van der Waals surface area contributed by atoms with Gasteiger partial charge in [0.25, 0.3) is 0 Å². The molecule has 16 heavy (non-hydrogen) atoms. The van der Waals surface area contributed by atoms with Gasteiger partial charge < -0.3 is 4.98 Å². The minimum absolute atomic E-state index is 0.325. The molecular weight excluding hydrogens is 225 g/mol. The monoisotopic (exact) mass is 233 g/mol. The summed E-state index contributed by atoms with van der Waals surface area (Å²) in [5.41, 5.74) is 1.18. The van der Waals surface area contributed by atoms with Gasteiger partial charge >= 0.3 is 0 Å². The van der Waals surface area contributed by atoms with Crippen molar-refractivity contribution >= 4 is 11.8 Å². The second-order valence-electron chi connectivity index (χ2n) is 3.10. The Labute approximate surface area is 96.3 Å². The van der Waals surface area contributed by atoms with Crippen LogP contribution in [-0.4, -0.2) is 9.97 Å². The highest BCUT2D eigenvalue weighted by atomic mass is 32.2. The summed E-state index contributed by atoms with van der Waals surface area (Å²) >= 11 is 1.43. The van der Waals surface area contributed by atoms with E-state index in [1.54, 1.807) is 12.4 Å². The van der Waals surface area contributed by atoms with Crippen LogP contribution in [0.5, 0.6) is 0 Å². The van der Waals surface area contributed by atoms with Crippen molar-refractivity contribution in [2.75, 3.05) is 0 Å². The molecule has 5 heteroatoms. The molecular formula is C11H8FN3S. The zero-order chi connectivity index (χ0) is 11.4. The minimum Gasteiger partial charge on any atom is -0.340 e. The maximum absolute atomic E-state index is 13.0. The number of H-pyrrole nitrogens is 1. The van der Waals surface area contributed by atoms with E-state index in [4.69, 9.17) is 5.26 Å². The number of halogens is 1. The van der Waals surface area contributed by atoms with E-state index in [-0.39, 0.29) is 5.82 Å². The molecule has 3 nitrogen and oxygen atoms in total. The Morgan fingerprint density at radius 2 is 2.38 bits per heavy atom. The summed E-state index contributed by atoms with van der Waals surface area (Å²) < 4.78 is 13.0. The lowest BCUT2D eigenvalue weighted by molar-refractivity contribution is 0.626. The van der Waals surface area contributed by atoms with Gasteiger partial charge in [0, 0.05) is 18.1 Å². The average Bonchev–Trinajstić information content (AvgIpc) is 2.79. The van der Waals surface area contributed by atoms with Crippen LogP contribution < -0.4 is 0 Å². The Morgan fingerprint density at radius 3 is 3.06 bits per heavy atom. The van der Waals surface area contributed by atoms with Crippen LogP contribution in [0.2, 0.25) is 0 Å². The molecule has 0 spiro atoms. The molecule has 0 radical (unpaired) electrons. The molecule has 0 bridgehead atoms. The Hall–Kier alpha value is -1.80. The van der Waals surface area contributed by atoms with Crippen LogP contribution >= 0.6 is 11.8 Å². The summed E-state index contributed by atoms with van der Waals surface area (Å²) in [6.45, 7) is 0. The van der Waals surface area contributed by atoms with Crippen LogP contribution in [0.4, 0.5) is 4.39 Å². The quantitative estimate of drug-likeness (QED) is 0.829. The number of aromatic nitrogens is 2. The fourth-order valence-corrected chi connectivity index (χ4v) is 2.08. The second-order valence-corrected chi connectivity index (χ2v) is 4.06. The van der Waals surface area contributed by atoms with Crippen molar-refractivity contribution in [2.45, 2.75) is 10.9 Å². The Balaban J connectivity index is 2.15. The van der Waals surface area contributed by atoms with Gasteiger partial charge in [-0.3, -0.25) is 0 Å². The molecule has 1 N–H and O–H groups in total. The molecule has 0 unspecified atom stereocenters. The average molecular weight is 233 g/mol. The topological polar surface area (TPSA) is 52.5 Å². The molecule has 0 saturated heterocycles. The lowest BCUT2D eigenvalue weighted by atomic mass is 10.1. The number of nitrogens with zero attached hydrogens (tertiary/aromatic N) is 2. The molecule has 0 atom stereocenters. The van der Waals surface area contributed by atoms with E-state index in [0.29, 0.717) is 16.9 Å². The normalized spacial score (nSPS) is 10.0. The van der Waals surface area contributed by atoms with Crippen LogP contribution in [0.1, 0.15) is 11.1 Å². The van der Waals surface area contributed by atoms with E-state index in [0.717, 1.165) is 5.16 Å². The maximum atomic E-state index is 13.0. The first-order valence-electron chi connectivity index (χ1n) is 4.60. The van der Waals surface area contributed by atoms with Gasteiger partial charge in [0.15, 0.2) is 5.16 Å². The van der Waals surface area contributed by atoms with Gasteiger partial charge in [0.05, 0.1) is 11.6 Å². The Kier molecular flexibility index (Phi) is 3.22. The molecule has 1 aromatic carbocycles. The molecule has 1 aromatic heterocycles. The third-order valence-corrected chi connectivity index (χ3v) is 2.98. The summed E-state index contributed by atoms with van der Waals surface area (Å²) in [4.78, 5) is 6.97. The van der Waals surface area contributed by atoms with Crippen molar-refractivity contribution in [2.24, 2.45) is 0 Å². The van der Waals surface area contributed by atoms with E-state index in [9.17, 15) is 4.39 Å². The van der Waals surface area contributed by atoms with Crippen molar-refractivity contribution in [3.63, 3.8) is 0 Å². The highest BCUT2D eigenvalue weighted by Gasteiger charge is 2.05. The number of benzene rings is 1. The maximum Gasteiger partial charge on any atom is 0.165 e. The number of thioether (sulfide) groups is 1. The van der Waals surface area contributed by atoms with Crippen LogP contribution in [0, 0.1) is 17.1 Å². The SMILES string of the molecule is N#Cc1ccc(F)cc1CSc1ncc[nH]1. The molecule has 2 aromatic rings. The van der Waals surface area contributed by atoms with E-state index < -0.39 is 0 Å². The molecule has 0 aliphatic heterocycles. The van der Waals surface area contributed by atoms with Crippen molar-refractivity contribution in [1.82, 2.24) is 9.97 Å². The Morgan fingerprint density at radius 1 is 1.50 bits per heavy atom. The van der Waals surface area contributed by atoms with Gasteiger partial charge in [-0.2, -0.15) is 5.26 Å². The lowest BCUT2D eigenvalue weighted by Crippen LogP contribution is -1.89. The van der Waals surface area contributed by atoms with Crippen LogP contribution in [0.3, 0.4) is 0 Å². The summed E-state index contributed by atoms with van der Waals surface area (Å²) in [5.74, 6) is 0.197. The largest absolute Gasteiger partial charge is 0.340 e. The smallest absolute Gasteiger partial charge is 0.165 e. The molecule has 0 saturated carbocycles. The van der Waals surface area contributed by atoms with E-state index in [1.807, 2.05) is 6.07 Å². The first kappa shape index (κ1) is 10.7. The fourth-order valence-electron chi connectivity index (χ4n) is 1.27. The number of hydrogen-bond donors (Lipinski definition) is 1.